The number of anilines is 3. The van der Waals surface area contributed by atoms with Gasteiger partial charge in [0.15, 0.2) is 29.0 Å². The van der Waals surface area contributed by atoms with Crippen LogP contribution in [0.4, 0.5) is 26.1 Å². The second-order valence-electron chi connectivity index (χ2n) is 9.94. The number of amides is 1. The number of terminal acetylenes is 1. The fourth-order valence-corrected chi connectivity index (χ4v) is 5.03. The first kappa shape index (κ1) is 28.6. The number of carbonyl (C=O) groups excluding carboxylic acids is 1. The van der Waals surface area contributed by atoms with E-state index in [9.17, 15) is 13.6 Å². The summed E-state index contributed by atoms with van der Waals surface area (Å²) >= 11 is 0. The smallest absolute Gasteiger partial charge is 0.230 e. The van der Waals surface area contributed by atoms with Crippen molar-refractivity contribution in [3.05, 3.63) is 60.1 Å². The van der Waals surface area contributed by atoms with E-state index in [4.69, 9.17) is 15.9 Å². The first-order valence-electron chi connectivity index (χ1n) is 13.7. The number of hydrogen-bond donors (Lipinski definition) is 3. The number of carbonyl (C=O) groups is 1. The summed E-state index contributed by atoms with van der Waals surface area (Å²) in [4.78, 5) is 23.2. The van der Waals surface area contributed by atoms with Gasteiger partial charge in [0.2, 0.25) is 5.91 Å². The fraction of sp³-hybridized carbons (Fsp3) is 0.333. The molecule has 1 aliphatic rings. The van der Waals surface area contributed by atoms with Crippen LogP contribution in [-0.4, -0.2) is 57.3 Å². The zero-order valence-electron chi connectivity index (χ0n) is 23.1. The van der Waals surface area contributed by atoms with Crippen molar-refractivity contribution in [3.63, 3.8) is 0 Å². The summed E-state index contributed by atoms with van der Waals surface area (Å²) in [6.07, 6.45) is 12.5. The highest BCUT2D eigenvalue weighted by atomic mass is 19.2. The highest BCUT2D eigenvalue weighted by Crippen LogP contribution is 2.35. The second-order valence-corrected chi connectivity index (χ2v) is 9.94. The Hall–Kier alpha value is -4.92. The van der Waals surface area contributed by atoms with Crippen molar-refractivity contribution < 1.29 is 23.0 Å². The molecule has 0 spiro atoms. The van der Waals surface area contributed by atoms with Crippen molar-refractivity contribution in [2.75, 3.05) is 30.9 Å². The number of nitrogens with zero attached hydrogens (tertiary/aromatic N) is 4. The predicted molar refractivity (Wildman–Crippen MR) is 155 cm³/mol. The number of halogens is 2. The number of H-pyrrole nitrogens is 1. The van der Waals surface area contributed by atoms with Crippen molar-refractivity contribution in [2.45, 2.75) is 44.6 Å². The minimum absolute atomic E-state index is 0.135. The van der Waals surface area contributed by atoms with E-state index in [0.717, 1.165) is 31.9 Å². The molecule has 0 saturated heterocycles. The van der Waals surface area contributed by atoms with Gasteiger partial charge in [0.25, 0.3) is 0 Å². The topological polar surface area (TPSA) is 117 Å². The van der Waals surface area contributed by atoms with Gasteiger partial charge in [-0.1, -0.05) is 25.3 Å². The summed E-state index contributed by atoms with van der Waals surface area (Å²) in [6.45, 7) is 1.24. The molecule has 0 atom stereocenters. The minimum Gasteiger partial charge on any atom is -0.493 e. The number of methoxy groups -OCH3 is 1. The van der Waals surface area contributed by atoms with E-state index in [1.807, 2.05) is 0 Å². The molecule has 0 aliphatic heterocycles. The minimum atomic E-state index is -1.12. The van der Waals surface area contributed by atoms with Gasteiger partial charge in [0.05, 0.1) is 31.3 Å². The Bertz CT molecular complexity index is 1600. The third kappa shape index (κ3) is 6.68. The Morgan fingerprint density at radius 3 is 2.81 bits per heavy atom. The molecule has 1 saturated carbocycles. The van der Waals surface area contributed by atoms with Crippen LogP contribution in [0.2, 0.25) is 0 Å². The Labute approximate surface area is 241 Å². The molecule has 218 valence electrons. The Kier molecular flexibility index (Phi) is 8.96. The van der Waals surface area contributed by atoms with Crippen LogP contribution in [0.5, 0.6) is 11.5 Å². The molecule has 0 bridgehead atoms. The number of aromatic amines is 1. The maximum absolute atomic E-state index is 13.9. The van der Waals surface area contributed by atoms with Gasteiger partial charge in [-0.25, -0.2) is 18.7 Å². The van der Waals surface area contributed by atoms with E-state index in [0.29, 0.717) is 52.4 Å². The van der Waals surface area contributed by atoms with Gasteiger partial charge in [-0.2, -0.15) is 5.10 Å². The summed E-state index contributed by atoms with van der Waals surface area (Å²) in [6, 6.07) is 12.0. The molecule has 10 nitrogen and oxygen atoms in total. The lowest BCUT2D eigenvalue weighted by atomic mass is 10.2. The average Bonchev–Trinajstić information content (AvgIpc) is 3.68. The Morgan fingerprint density at radius 2 is 2.02 bits per heavy atom. The first-order valence-corrected chi connectivity index (χ1v) is 13.7. The molecular formula is C30H31F2N7O3. The van der Waals surface area contributed by atoms with Crippen LogP contribution in [0.25, 0.3) is 10.9 Å². The number of rotatable bonds is 12. The van der Waals surface area contributed by atoms with Gasteiger partial charge in [0.1, 0.15) is 12.1 Å². The van der Waals surface area contributed by atoms with Gasteiger partial charge in [-0.3, -0.25) is 9.89 Å². The molecule has 2 aromatic heterocycles. The van der Waals surface area contributed by atoms with Crippen molar-refractivity contribution in [3.8, 4) is 24.0 Å². The predicted octanol–water partition coefficient (Wildman–Crippen LogP) is 5.17. The molecule has 1 amide bonds. The van der Waals surface area contributed by atoms with E-state index >= 15 is 0 Å². The molecular weight excluding hydrogens is 544 g/mol. The van der Waals surface area contributed by atoms with Crippen LogP contribution in [0.3, 0.4) is 0 Å². The number of ether oxygens (including phenoxy) is 2. The number of hydrogen-bond acceptors (Lipinski definition) is 8. The molecule has 2 aromatic carbocycles. The van der Waals surface area contributed by atoms with Crippen LogP contribution in [-0.2, 0) is 11.2 Å². The molecule has 12 heteroatoms. The van der Waals surface area contributed by atoms with Crippen molar-refractivity contribution in [1.82, 2.24) is 25.1 Å². The third-order valence-corrected chi connectivity index (χ3v) is 7.11. The molecule has 5 rings (SSSR count). The molecule has 1 aliphatic carbocycles. The van der Waals surface area contributed by atoms with Crippen LogP contribution >= 0.6 is 0 Å². The highest BCUT2D eigenvalue weighted by Gasteiger charge is 2.20. The fourth-order valence-electron chi connectivity index (χ4n) is 5.03. The molecule has 42 heavy (non-hydrogen) atoms. The maximum Gasteiger partial charge on any atom is 0.230 e. The van der Waals surface area contributed by atoms with Gasteiger partial charge >= 0.3 is 0 Å². The average molecular weight is 576 g/mol. The molecule has 0 radical (unpaired) electrons. The lowest BCUT2D eigenvalue weighted by molar-refractivity contribution is -0.115. The highest BCUT2D eigenvalue weighted by molar-refractivity contribution is 5.93. The van der Waals surface area contributed by atoms with Crippen molar-refractivity contribution in [1.29, 1.82) is 0 Å². The van der Waals surface area contributed by atoms with Crippen molar-refractivity contribution >= 4 is 34.1 Å². The van der Waals surface area contributed by atoms with E-state index in [-0.39, 0.29) is 12.1 Å². The number of fused-ring (bicyclic) bond motifs is 1. The van der Waals surface area contributed by atoms with Crippen LogP contribution in [0.15, 0.2) is 42.7 Å². The standard InChI is InChI=1S/C30H31F2N7O3/c1-3-39(20-8-4-5-9-20)12-7-13-42-26-17-24-21(16-25(26)41-2)30(34-18-33-24)36-27-14-19(37-38-27)15-28(40)35-23-11-6-10-22(31)29(23)32/h1,6,10-11,14,16-18,20H,4-5,7-9,12-13,15H2,2H3,(H,35,40)(H2,33,34,36,37,38). The molecule has 0 unspecified atom stereocenters. The zero-order chi connectivity index (χ0) is 29.5. The van der Waals surface area contributed by atoms with Crippen LogP contribution in [0.1, 0.15) is 37.8 Å². The van der Waals surface area contributed by atoms with Crippen molar-refractivity contribution in [2.24, 2.45) is 0 Å². The van der Waals surface area contributed by atoms with Crippen LogP contribution < -0.4 is 20.1 Å². The van der Waals surface area contributed by atoms with Gasteiger partial charge in [-0.15, -0.1) is 0 Å². The summed E-state index contributed by atoms with van der Waals surface area (Å²) in [5, 5.41) is 13.1. The molecule has 4 aromatic rings. The van der Waals surface area contributed by atoms with E-state index in [2.05, 4.69) is 41.7 Å². The largest absolute Gasteiger partial charge is 0.493 e. The summed E-state index contributed by atoms with van der Waals surface area (Å²) < 4.78 is 38.9. The first-order chi connectivity index (χ1) is 20.4. The Balaban J connectivity index is 1.22. The normalized spacial score (nSPS) is 13.1. The third-order valence-electron chi connectivity index (χ3n) is 7.11. The van der Waals surface area contributed by atoms with E-state index in [1.165, 1.54) is 31.3 Å². The molecule has 1 fully saturated rings. The number of nitrogens with one attached hydrogen (secondary N) is 3. The molecule has 3 N–H and O–H groups in total. The van der Waals surface area contributed by atoms with E-state index in [1.54, 1.807) is 25.3 Å². The summed E-state index contributed by atoms with van der Waals surface area (Å²) in [5.41, 5.74) is 0.850. The Morgan fingerprint density at radius 1 is 1.19 bits per heavy atom. The quantitative estimate of drug-likeness (QED) is 0.120. The lowest BCUT2D eigenvalue weighted by Crippen LogP contribution is -2.30. The number of benzene rings is 2. The molecule has 2 heterocycles. The van der Waals surface area contributed by atoms with Gasteiger partial charge in [-0.05, 0) is 37.5 Å². The summed E-state index contributed by atoms with van der Waals surface area (Å²) in [5.74, 6) is -0.749. The zero-order valence-corrected chi connectivity index (χ0v) is 23.1. The van der Waals surface area contributed by atoms with E-state index < -0.39 is 17.5 Å². The number of aromatic nitrogens is 4. The second kappa shape index (κ2) is 13.2. The lowest BCUT2D eigenvalue weighted by Gasteiger charge is -2.24. The van der Waals surface area contributed by atoms with Gasteiger partial charge in [0, 0.05) is 41.8 Å². The van der Waals surface area contributed by atoms with Crippen LogP contribution in [0, 0.1) is 24.1 Å². The monoisotopic (exact) mass is 575 g/mol. The SMILES string of the molecule is C#CN(CCCOc1cc2ncnc(Nc3cc(CC(=O)Nc4cccc(F)c4F)[nH]n3)c2cc1OC)C1CCCC1. The van der Waals surface area contributed by atoms with Gasteiger partial charge < -0.3 is 25.0 Å². The summed E-state index contributed by atoms with van der Waals surface area (Å²) in [7, 11) is 1.56. The maximum atomic E-state index is 13.9.